The van der Waals surface area contributed by atoms with Gasteiger partial charge in [-0.25, -0.2) is 0 Å². The highest BCUT2D eigenvalue weighted by atomic mass is 15.1. The Morgan fingerprint density at radius 2 is 0.638 bits per heavy atom. The van der Waals surface area contributed by atoms with Crippen molar-refractivity contribution in [1.82, 2.24) is 0 Å². The van der Waals surface area contributed by atoms with Gasteiger partial charge in [0.15, 0.2) is 0 Å². The van der Waals surface area contributed by atoms with Crippen molar-refractivity contribution in [2.75, 3.05) is 4.90 Å². The summed E-state index contributed by atoms with van der Waals surface area (Å²) in [5.41, 5.74) is 18.0. The summed E-state index contributed by atoms with van der Waals surface area (Å²) in [4.78, 5) is 2.39. The second kappa shape index (κ2) is 16.1. The zero-order chi connectivity index (χ0) is 39.3. The van der Waals surface area contributed by atoms with Gasteiger partial charge in [0, 0.05) is 22.5 Å². The van der Waals surface area contributed by atoms with E-state index in [1.165, 1.54) is 61.2 Å². The maximum atomic E-state index is 2.41. The van der Waals surface area contributed by atoms with Gasteiger partial charge in [-0.3, -0.25) is 0 Å². The van der Waals surface area contributed by atoms with Gasteiger partial charge in [-0.15, -0.1) is 0 Å². The quantitative estimate of drug-likeness (QED) is 0.126. The predicted molar refractivity (Wildman–Crippen MR) is 250 cm³/mol. The van der Waals surface area contributed by atoms with Gasteiger partial charge in [-0.1, -0.05) is 214 Å². The van der Waals surface area contributed by atoms with Crippen molar-refractivity contribution in [2.45, 2.75) is 19.3 Å². The van der Waals surface area contributed by atoms with Crippen LogP contribution in [0, 0.1) is 0 Å². The van der Waals surface area contributed by atoms with Gasteiger partial charge in [-0.05, 0) is 103 Å². The van der Waals surface area contributed by atoms with Crippen molar-refractivity contribution in [1.29, 1.82) is 0 Å². The molecule has 0 unspecified atom stereocenters. The van der Waals surface area contributed by atoms with Crippen LogP contribution in [0.1, 0.15) is 58.4 Å². The minimum absolute atomic E-state index is 0.165. The largest absolute Gasteiger partial charge is 0.310 e. The normalized spacial score (nSPS) is 12.9. The fourth-order valence-corrected chi connectivity index (χ4v) is 8.03. The molecule has 0 atom stereocenters. The molecule has 0 radical (unpaired) electrons. The van der Waals surface area contributed by atoms with E-state index in [2.05, 4.69) is 249 Å². The zero-order valence-electron chi connectivity index (χ0n) is 33.0. The minimum Gasteiger partial charge on any atom is -0.310 e. The molecule has 0 aliphatic heterocycles. The predicted octanol–water partition coefficient (Wildman–Crippen LogP) is 15.6. The third kappa shape index (κ3) is 7.76. The van der Waals surface area contributed by atoms with Crippen molar-refractivity contribution in [3.63, 3.8) is 0 Å². The van der Waals surface area contributed by atoms with Gasteiger partial charge < -0.3 is 4.90 Å². The maximum Gasteiger partial charge on any atom is 0.0465 e. The monoisotopic (exact) mass is 743 g/mol. The Labute approximate surface area is 343 Å². The van der Waals surface area contributed by atoms with E-state index in [0.717, 1.165) is 22.6 Å². The molecule has 0 fully saturated rings. The molecular formula is C57H45N. The SMILES string of the molecule is CC1(C)c2cc(/C=C/c3ccccc3)ccc2-c2ccc(N(c3ccc(/C=C/c4ccccc4)cc3)c3ccc(-c4ccc(/C=C/c5ccccc5)cc4)cc3)cc21. The van der Waals surface area contributed by atoms with E-state index in [4.69, 9.17) is 0 Å². The molecule has 1 heteroatoms. The third-order valence-corrected chi connectivity index (χ3v) is 11.3. The average molecular weight is 744 g/mol. The number of hydrogen-bond donors (Lipinski definition) is 0. The lowest BCUT2D eigenvalue weighted by atomic mass is 9.81. The van der Waals surface area contributed by atoms with E-state index in [-0.39, 0.29) is 5.41 Å². The molecule has 58 heavy (non-hydrogen) atoms. The molecule has 1 nitrogen and oxygen atoms in total. The Hall–Kier alpha value is -7.22. The summed E-state index contributed by atoms with van der Waals surface area (Å²) in [6.07, 6.45) is 13.1. The van der Waals surface area contributed by atoms with Gasteiger partial charge in [0.05, 0.1) is 0 Å². The van der Waals surface area contributed by atoms with Crippen LogP contribution in [-0.4, -0.2) is 0 Å². The van der Waals surface area contributed by atoms with E-state index in [9.17, 15) is 0 Å². The Balaban J connectivity index is 1.04. The summed E-state index contributed by atoms with van der Waals surface area (Å²) in [5, 5.41) is 0. The smallest absolute Gasteiger partial charge is 0.0465 e. The number of rotatable bonds is 10. The second-order valence-corrected chi connectivity index (χ2v) is 15.5. The summed E-state index contributed by atoms with van der Waals surface area (Å²) in [6.45, 7) is 4.73. The zero-order valence-corrected chi connectivity index (χ0v) is 33.0. The Morgan fingerprint density at radius 3 is 1.12 bits per heavy atom. The highest BCUT2D eigenvalue weighted by Gasteiger charge is 2.36. The standard InChI is InChI=1S/C57H45N/c1-57(2)55-40-47(23-22-44-16-10-5-11-17-44)28-38-53(55)54-39-37-52(41-56(54)57)58(50-33-26-46(27-34-50)21-19-43-14-8-4-9-15-43)51-35-31-49(32-36-51)48-29-24-45(25-30-48)20-18-42-12-6-3-7-13-42/h3-41H,1-2H3/b20-18+,21-19+,23-22+. The molecule has 8 aromatic rings. The van der Waals surface area contributed by atoms with Crippen LogP contribution in [0.25, 0.3) is 58.7 Å². The molecule has 9 rings (SSSR count). The van der Waals surface area contributed by atoms with Crippen LogP contribution >= 0.6 is 0 Å². The Morgan fingerprint density at radius 1 is 0.310 bits per heavy atom. The second-order valence-electron chi connectivity index (χ2n) is 15.5. The minimum atomic E-state index is -0.165. The van der Waals surface area contributed by atoms with Crippen LogP contribution in [-0.2, 0) is 5.41 Å². The topological polar surface area (TPSA) is 3.24 Å². The average Bonchev–Trinajstić information content (AvgIpc) is 3.51. The molecule has 1 aliphatic rings. The van der Waals surface area contributed by atoms with Crippen LogP contribution in [0.3, 0.4) is 0 Å². The number of anilines is 3. The van der Waals surface area contributed by atoms with E-state index < -0.39 is 0 Å². The first-order valence-electron chi connectivity index (χ1n) is 20.1. The molecule has 278 valence electrons. The van der Waals surface area contributed by atoms with Crippen molar-refractivity contribution in [3.8, 4) is 22.3 Å². The fraction of sp³-hybridized carbons (Fsp3) is 0.0526. The molecule has 0 N–H and O–H groups in total. The van der Waals surface area contributed by atoms with Crippen molar-refractivity contribution >= 4 is 53.5 Å². The first kappa shape index (κ1) is 36.4. The molecule has 0 bridgehead atoms. The van der Waals surface area contributed by atoms with Gasteiger partial charge in [0.2, 0.25) is 0 Å². The van der Waals surface area contributed by atoms with Gasteiger partial charge in [-0.2, -0.15) is 0 Å². The maximum absolute atomic E-state index is 2.41. The lowest BCUT2D eigenvalue weighted by molar-refractivity contribution is 0.660. The molecule has 0 saturated heterocycles. The van der Waals surface area contributed by atoms with Crippen molar-refractivity contribution < 1.29 is 0 Å². The van der Waals surface area contributed by atoms with E-state index >= 15 is 0 Å². The number of nitrogens with zero attached hydrogens (tertiary/aromatic N) is 1. The third-order valence-electron chi connectivity index (χ3n) is 11.3. The molecule has 0 amide bonds. The van der Waals surface area contributed by atoms with Crippen LogP contribution in [0.4, 0.5) is 17.1 Å². The van der Waals surface area contributed by atoms with E-state index in [0.29, 0.717) is 0 Å². The number of hydrogen-bond acceptors (Lipinski definition) is 1. The van der Waals surface area contributed by atoms with Crippen LogP contribution in [0.5, 0.6) is 0 Å². The highest BCUT2D eigenvalue weighted by molar-refractivity contribution is 5.87. The molecular weight excluding hydrogens is 699 g/mol. The molecule has 0 saturated carbocycles. The van der Waals surface area contributed by atoms with Gasteiger partial charge in [0.1, 0.15) is 0 Å². The van der Waals surface area contributed by atoms with Gasteiger partial charge in [0.25, 0.3) is 0 Å². The van der Waals surface area contributed by atoms with E-state index in [1.54, 1.807) is 0 Å². The molecule has 0 aromatic heterocycles. The van der Waals surface area contributed by atoms with Crippen LogP contribution in [0.15, 0.2) is 200 Å². The lowest BCUT2D eigenvalue weighted by Gasteiger charge is -2.28. The number of benzene rings is 8. The van der Waals surface area contributed by atoms with E-state index in [1.807, 2.05) is 6.07 Å². The first-order chi connectivity index (χ1) is 28.5. The number of fused-ring (bicyclic) bond motifs is 3. The highest BCUT2D eigenvalue weighted by Crippen LogP contribution is 2.51. The van der Waals surface area contributed by atoms with Gasteiger partial charge >= 0.3 is 0 Å². The van der Waals surface area contributed by atoms with Crippen LogP contribution < -0.4 is 4.90 Å². The lowest BCUT2D eigenvalue weighted by Crippen LogP contribution is -2.16. The summed E-state index contributed by atoms with van der Waals surface area (Å²) in [7, 11) is 0. The molecule has 0 heterocycles. The Kier molecular flexibility index (Phi) is 10.1. The summed E-state index contributed by atoms with van der Waals surface area (Å²) >= 11 is 0. The molecule has 0 spiro atoms. The van der Waals surface area contributed by atoms with Crippen molar-refractivity contribution in [3.05, 3.63) is 245 Å². The molecule has 8 aromatic carbocycles. The van der Waals surface area contributed by atoms with Crippen LogP contribution in [0.2, 0.25) is 0 Å². The fourth-order valence-electron chi connectivity index (χ4n) is 8.03. The molecule has 1 aliphatic carbocycles. The first-order valence-corrected chi connectivity index (χ1v) is 20.1. The van der Waals surface area contributed by atoms with Crippen molar-refractivity contribution in [2.24, 2.45) is 0 Å². The summed E-state index contributed by atoms with van der Waals surface area (Å²) < 4.78 is 0. The Bertz CT molecular complexity index is 2740. The summed E-state index contributed by atoms with van der Waals surface area (Å²) in [6, 6.07) is 72.0. The summed E-state index contributed by atoms with van der Waals surface area (Å²) in [5.74, 6) is 0.